The third-order valence-corrected chi connectivity index (χ3v) is 2.69. The number of amides is 1. The van der Waals surface area contributed by atoms with E-state index in [0.29, 0.717) is 5.56 Å². The second kappa shape index (κ2) is 7.62. The van der Waals surface area contributed by atoms with Crippen LogP contribution in [0.4, 0.5) is 4.79 Å². The van der Waals surface area contributed by atoms with Crippen LogP contribution in [0.2, 0.25) is 0 Å². The first-order chi connectivity index (χ1) is 10.6. The second-order valence-electron chi connectivity index (χ2n) is 5.89. The molecule has 0 fully saturated rings. The fraction of sp³-hybridized carbons (Fsp3) is 0.438. The third kappa shape index (κ3) is 6.37. The molecule has 0 aromatic heterocycles. The van der Waals surface area contributed by atoms with Crippen molar-refractivity contribution in [2.75, 3.05) is 0 Å². The fourth-order valence-electron chi connectivity index (χ4n) is 1.67. The lowest BCUT2D eigenvalue weighted by atomic mass is 10.1. The molecular formula is C16H20NO6-. The first-order valence-electron chi connectivity index (χ1n) is 7.06. The summed E-state index contributed by atoms with van der Waals surface area (Å²) in [6, 6.07) is 6.83. The number of carboxylic acids is 1. The van der Waals surface area contributed by atoms with Crippen molar-refractivity contribution in [3.63, 3.8) is 0 Å². The number of carbonyl (C=O) groups excluding carboxylic acids is 3. The van der Waals surface area contributed by atoms with Crippen LogP contribution in [-0.4, -0.2) is 29.7 Å². The van der Waals surface area contributed by atoms with Crippen LogP contribution < -0.4 is 10.4 Å². The molecule has 1 amide bonds. The van der Waals surface area contributed by atoms with Crippen LogP contribution in [0, 0.1) is 0 Å². The van der Waals surface area contributed by atoms with E-state index in [-0.39, 0.29) is 0 Å². The van der Waals surface area contributed by atoms with E-state index in [1.165, 1.54) is 0 Å². The summed E-state index contributed by atoms with van der Waals surface area (Å²) in [5.41, 5.74) is -0.142. The second-order valence-corrected chi connectivity index (χ2v) is 5.89. The van der Waals surface area contributed by atoms with Crippen molar-refractivity contribution >= 4 is 18.0 Å². The van der Waals surface area contributed by atoms with Crippen molar-refractivity contribution in [2.24, 2.45) is 0 Å². The lowest BCUT2D eigenvalue weighted by molar-refractivity contribution is -0.307. The Morgan fingerprint density at radius 1 is 1.13 bits per heavy atom. The van der Waals surface area contributed by atoms with Crippen molar-refractivity contribution in [1.82, 2.24) is 5.32 Å². The summed E-state index contributed by atoms with van der Waals surface area (Å²) in [4.78, 5) is 34.6. The number of hydrogen-bond donors (Lipinski definition) is 1. The molecule has 0 saturated carbocycles. The molecule has 0 heterocycles. The van der Waals surface area contributed by atoms with Crippen molar-refractivity contribution < 1.29 is 29.0 Å². The molecule has 2 atom stereocenters. The van der Waals surface area contributed by atoms with E-state index >= 15 is 0 Å². The zero-order valence-corrected chi connectivity index (χ0v) is 13.5. The molecule has 1 N–H and O–H groups in total. The SMILES string of the molecule is CC(OC(=O)C(NC(=O)OC(C)(C)C)C(=O)[O-])c1ccccc1. The lowest BCUT2D eigenvalue weighted by Crippen LogP contribution is -2.54. The van der Waals surface area contributed by atoms with Gasteiger partial charge in [-0.05, 0) is 33.3 Å². The topological polar surface area (TPSA) is 105 Å². The first kappa shape index (κ1) is 18.5. The summed E-state index contributed by atoms with van der Waals surface area (Å²) in [6.07, 6.45) is -1.72. The molecule has 0 bridgehead atoms. The van der Waals surface area contributed by atoms with Crippen LogP contribution in [0.15, 0.2) is 30.3 Å². The van der Waals surface area contributed by atoms with Gasteiger partial charge >= 0.3 is 12.1 Å². The Hall–Kier alpha value is -2.57. The van der Waals surface area contributed by atoms with Gasteiger partial charge in [0.05, 0.1) is 5.97 Å². The molecular weight excluding hydrogens is 302 g/mol. The highest BCUT2D eigenvalue weighted by molar-refractivity contribution is 6.00. The number of aliphatic carboxylic acids is 1. The lowest BCUT2D eigenvalue weighted by Gasteiger charge is -2.24. The Labute approximate surface area is 134 Å². The van der Waals surface area contributed by atoms with Crippen LogP contribution >= 0.6 is 0 Å². The van der Waals surface area contributed by atoms with Crippen LogP contribution in [0.3, 0.4) is 0 Å². The van der Waals surface area contributed by atoms with Gasteiger partial charge in [-0.3, -0.25) is 0 Å². The van der Waals surface area contributed by atoms with E-state index in [9.17, 15) is 19.5 Å². The number of hydrogen-bond acceptors (Lipinski definition) is 6. The zero-order valence-electron chi connectivity index (χ0n) is 13.5. The van der Waals surface area contributed by atoms with Crippen molar-refractivity contribution in [3.8, 4) is 0 Å². The minimum Gasteiger partial charge on any atom is -0.547 e. The Morgan fingerprint density at radius 3 is 2.17 bits per heavy atom. The van der Waals surface area contributed by atoms with E-state index < -0.39 is 35.8 Å². The van der Waals surface area contributed by atoms with Gasteiger partial charge in [0.2, 0.25) is 0 Å². The first-order valence-corrected chi connectivity index (χ1v) is 7.06. The van der Waals surface area contributed by atoms with E-state index in [2.05, 4.69) is 0 Å². The molecule has 0 radical (unpaired) electrons. The molecule has 0 aliphatic heterocycles. The molecule has 7 heteroatoms. The standard InChI is InChI=1S/C16H21NO6/c1-10(11-8-6-5-7-9-11)22-14(20)12(13(18)19)17-15(21)23-16(2,3)4/h5-10,12H,1-4H3,(H,17,21)(H,18,19)/p-1. The number of benzene rings is 1. The molecule has 1 aromatic rings. The van der Waals surface area contributed by atoms with Gasteiger partial charge in [0.1, 0.15) is 11.7 Å². The molecule has 2 unspecified atom stereocenters. The average molecular weight is 322 g/mol. The maximum atomic E-state index is 12.0. The van der Waals surface area contributed by atoms with E-state index in [4.69, 9.17) is 9.47 Å². The molecule has 0 aliphatic rings. The molecule has 1 aromatic carbocycles. The normalized spacial score (nSPS) is 13.6. The van der Waals surface area contributed by atoms with Gasteiger partial charge in [0, 0.05) is 0 Å². The van der Waals surface area contributed by atoms with Gasteiger partial charge in [-0.25, -0.2) is 9.59 Å². The summed E-state index contributed by atoms with van der Waals surface area (Å²) in [6.45, 7) is 6.41. The van der Waals surface area contributed by atoms with E-state index in [0.717, 1.165) is 0 Å². The van der Waals surface area contributed by atoms with Crippen molar-refractivity contribution in [1.29, 1.82) is 0 Å². The maximum absolute atomic E-state index is 12.0. The number of rotatable bonds is 5. The summed E-state index contributed by atoms with van der Waals surface area (Å²) >= 11 is 0. The number of nitrogens with one attached hydrogen (secondary N) is 1. The van der Waals surface area contributed by atoms with E-state index in [1.807, 2.05) is 5.32 Å². The van der Waals surface area contributed by atoms with Gasteiger partial charge in [-0.15, -0.1) is 0 Å². The predicted molar refractivity (Wildman–Crippen MR) is 79.1 cm³/mol. The Balaban J connectivity index is 2.72. The van der Waals surface area contributed by atoms with Crippen molar-refractivity contribution in [2.45, 2.75) is 45.4 Å². The largest absolute Gasteiger partial charge is 0.547 e. The summed E-state index contributed by atoms with van der Waals surface area (Å²) in [5, 5.41) is 13.0. The molecule has 0 spiro atoms. The molecule has 7 nitrogen and oxygen atoms in total. The monoisotopic (exact) mass is 322 g/mol. The maximum Gasteiger partial charge on any atom is 0.408 e. The molecule has 0 saturated heterocycles. The minimum absolute atomic E-state index is 0.675. The Bertz CT molecular complexity index is 564. The molecule has 126 valence electrons. The highest BCUT2D eigenvalue weighted by Gasteiger charge is 2.28. The van der Waals surface area contributed by atoms with Gasteiger partial charge < -0.3 is 24.7 Å². The van der Waals surface area contributed by atoms with Gasteiger partial charge in [0.15, 0.2) is 6.04 Å². The van der Waals surface area contributed by atoms with Crippen LogP contribution in [0.25, 0.3) is 0 Å². The van der Waals surface area contributed by atoms with Crippen molar-refractivity contribution in [3.05, 3.63) is 35.9 Å². The summed E-state index contributed by atoms with van der Waals surface area (Å²) in [7, 11) is 0. The Kier molecular flexibility index (Phi) is 6.12. The van der Waals surface area contributed by atoms with Gasteiger partial charge in [-0.1, -0.05) is 30.3 Å². The van der Waals surface area contributed by atoms with Gasteiger partial charge in [-0.2, -0.15) is 0 Å². The third-order valence-electron chi connectivity index (χ3n) is 2.69. The number of alkyl carbamates (subject to hydrolysis) is 1. The molecule has 23 heavy (non-hydrogen) atoms. The summed E-state index contributed by atoms with van der Waals surface area (Å²) < 4.78 is 9.97. The highest BCUT2D eigenvalue weighted by Crippen LogP contribution is 2.16. The van der Waals surface area contributed by atoms with Crippen LogP contribution in [0.5, 0.6) is 0 Å². The van der Waals surface area contributed by atoms with Gasteiger partial charge in [0.25, 0.3) is 0 Å². The predicted octanol–water partition coefficient (Wildman–Crippen LogP) is 0.934. The fourth-order valence-corrected chi connectivity index (χ4v) is 1.67. The van der Waals surface area contributed by atoms with E-state index in [1.54, 1.807) is 58.0 Å². The van der Waals surface area contributed by atoms with Crippen LogP contribution in [-0.2, 0) is 19.1 Å². The quantitative estimate of drug-likeness (QED) is 0.639. The highest BCUT2D eigenvalue weighted by atomic mass is 16.6. The Morgan fingerprint density at radius 2 is 1.70 bits per heavy atom. The molecule has 0 aliphatic carbocycles. The average Bonchev–Trinajstić information content (AvgIpc) is 2.43. The smallest absolute Gasteiger partial charge is 0.408 e. The number of esters is 1. The number of ether oxygens (including phenoxy) is 2. The number of carboxylic acid groups (broad SMARTS) is 1. The summed E-state index contributed by atoms with van der Waals surface area (Å²) in [5.74, 6) is -2.91. The number of carbonyl (C=O) groups is 3. The molecule has 1 rings (SSSR count). The zero-order chi connectivity index (χ0) is 17.6. The minimum atomic E-state index is -1.95. The van der Waals surface area contributed by atoms with Crippen LogP contribution in [0.1, 0.15) is 39.4 Å².